The van der Waals surface area contributed by atoms with Crippen LogP contribution in [0.25, 0.3) is 0 Å². The Labute approximate surface area is 73.3 Å². The largest absolute Gasteiger partial charge is 0.464 e. The summed E-state index contributed by atoms with van der Waals surface area (Å²) in [7, 11) is 0. The van der Waals surface area contributed by atoms with Gasteiger partial charge in [-0.2, -0.15) is 0 Å². The molecule has 0 aromatic heterocycles. The Bertz CT molecular complexity index is 143. The van der Waals surface area contributed by atoms with Gasteiger partial charge in [-0.3, -0.25) is 4.79 Å². The van der Waals surface area contributed by atoms with Gasteiger partial charge in [0.15, 0.2) is 0 Å². The van der Waals surface area contributed by atoms with Gasteiger partial charge in [-0.25, -0.2) is 0 Å². The van der Waals surface area contributed by atoms with Crippen molar-refractivity contribution >= 4 is 5.97 Å². The molecule has 3 nitrogen and oxygen atoms in total. The molecule has 0 atom stereocenters. The van der Waals surface area contributed by atoms with E-state index in [0.717, 1.165) is 12.3 Å². The van der Waals surface area contributed by atoms with E-state index >= 15 is 0 Å². The summed E-state index contributed by atoms with van der Waals surface area (Å²) in [5.74, 6) is 0.697. The lowest BCUT2D eigenvalue weighted by atomic mass is 9.82. The maximum atomic E-state index is 11.0. The molecule has 2 N–H and O–H groups in total. The van der Waals surface area contributed by atoms with Crippen LogP contribution in [-0.2, 0) is 9.53 Å². The predicted molar refractivity (Wildman–Crippen MR) is 46.6 cm³/mol. The lowest BCUT2D eigenvalue weighted by Gasteiger charge is -2.24. The SMILES string of the molecule is NCCOC(=O)CCC1CCC1. The third-order valence-corrected chi connectivity index (χ3v) is 2.36. The number of esters is 1. The molecular weight excluding hydrogens is 154 g/mol. The molecule has 0 bridgehead atoms. The third kappa shape index (κ3) is 3.22. The fourth-order valence-corrected chi connectivity index (χ4v) is 1.35. The summed E-state index contributed by atoms with van der Waals surface area (Å²) >= 11 is 0. The molecule has 3 heteroatoms. The molecule has 0 saturated heterocycles. The minimum atomic E-state index is -0.0904. The highest BCUT2D eigenvalue weighted by molar-refractivity contribution is 5.69. The molecule has 0 amide bonds. The van der Waals surface area contributed by atoms with Gasteiger partial charge in [-0.15, -0.1) is 0 Å². The Morgan fingerprint density at radius 3 is 2.75 bits per heavy atom. The van der Waals surface area contributed by atoms with Crippen molar-refractivity contribution in [1.29, 1.82) is 0 Å². The second kappa shape index (κ2) is 5.14. The van der Waals surface area contributed by atoms with E-state index in [4.69, 9.17) is 10.5 Å². The van der Waals surface area contributed by atoms with Gasteiger partial charge in [0.25, 0.3) is 0 Å². The van der Waals surface area contributed by atoms with Crippen molar-refractivity contribution in [2.24, 2.45) is 11.7 Å². The topological polar surface area (TPSA) is 52.3 Å². The van der Waals surface area contributed by atoms with Crippen LogP contribution in [0.1, 0.15) is 32.1 Å². The normalized spacial score (nSPS) is 17.1. The molecule has 0 unspecified atom stereocenters. The van der Waals surface area contributed by atoms with Crippen LogP contribution in [0.3, 0.4) is 0 Å². The lowest BCUT2D eigenvalue weighted by Crippen LogP contribution is -2.16. The molecule has 0 heterocycles. The maximum absolute atomic E-state index is 11.0. The first kappa shape index (κ1) is 9.52. The molecule has 1 rings (SSSR count). The summed E-state index contributed by atoms with van der Waals surface area (Å²) in [5, 5.41) is 0. The average molecular weight is 171 g/mol. The fraction of sp³-hybridized carbons (Fsp3) is 0.889. The summed E-state index contributed by atoms with van der Waals surface area (Å²) in [6, 6.07) is 0. The molecule has 0 aromatic rings. The molecule has 0 aliphatic heterocycles. The number of rotatable bonds is 5. The molecule has 1 fully saturated rings. The van der Waals surface area contributed by atoms with Crippen LogP contribution in [0.15, 0.2) is 0 Å². The van der Waals surface area contributed by atoms with Gasteiger partial charge >= 0.3 is 5.97 Å². The zero-order valence-corrected chi connectivity index (χ0v) is 7.42. The van der Waals surface area contributed by atoms with Gasteiger partial charge in [0.1, 0.15) is 6.61 Å². The van der Waals surface area contributed by atoms with Crippen molar-refractivity contribution in [3.63, 3.8) is 0 Å². The zero-order chi connectivity index (χ0) is 8.81. The second-order valence-corrected chi connectivity index (χ2v) is 3.34. The van der Waals surface area contributed by atoms with Crippen LogP contribution in [-0.4, -0.2) is 19.1 Å². The number of hydrogen-bond donors (Lipinski definition) is 1. The minimum Gasteiger partial charge on any atom is -0.464 e. The van der Waals surface area contributed by atoms with E-state index in [1.54, 1.807) is 0 Å². The van der Waals surface area contributed by atoms with Crippen LogP contribution in [0.4, 0.5) is 0 Å². The Morgan fingerprint density at radius 1 is 1.50 bits per heavy atom. The van der Waals surface area contributed by atoms with Gasteiger partial charge in [0.05, 0.1) is 0 Å². The number of carbonyl (C=O) groups is 1. The van der Waals surface area contributed by atoms with E-state index in [0.29, 0.717) is 19.6 Å². The van der Waals surface area contributed by atoms with Crippen LogP contribution in [0.5, 0.6) is 0 Å². The maximum Gasteiger partial charge on any atom is 0.305 e. The molecular formula is C9H17NO2. The van der Waals surface area contributed by atoms with Crippen LogP contribution >= 0.6 is 0 Å². The highest BCUT2D eigenvalue weighted by Crippen LogP contribution is 2.30. The third-order valence-electron chi connectivity index (χ3n) is 2.36. The van der Waals surface area contributed by atoms with Crippen molar-refractivity contribution in [3.05, 3.63) is 0 Å². The van der Waals surface area contributed by atoms with Crippen molar-refractivity contribution in [1.82, 2.24) is 0 Å². The van der Waals surface area contributed by atoms with E-state index in [2.05, 4.69) is 0 Å². The fourth-order valence-electron chi connectivity index (χ4n) is 1.35. The number of ether oxygens (including phenoxy) is 1. The van der Waals surface area contributed by atoms with Crippen LogP contribution in [0.2, 0.25) is 0 Å². The Kier molecular flexibility index (Phi) is 4.08. The van der Waals surface area contributed by atoms with E-state index in [9.17, 15) is 4.79 Å². The lowest BCUT2D eigenvalue weighted by molar-refractivity contribution is -0.143. The molecule has 70 valence electrons. The first-order valence-corrected chi connectivity index (χ1v) is 4.68. The van der Waals surface area contributed by atoms with E-state index in [1.807, 2.05) is 0 Å². The Morgan fingerprint density at radius 2 is 2.25 bits per heavy atom. The standard InChI is InChI=1S/C9H17NO2/c10-6-7-12-9(11)5-4-8-2-1-3-8/h8H,1-7,10H2. The second-order valence-electron chi connectivity index (χ2n) is 3.34. The van der Waals surface area contributed by atoms with Gasteiger partial charge in [0.2, 0.25) is 0 Å². The summed E-state index contributed by atoms with van der Waals surface area (Å²) in [4.78, 5) is 11.0. The monoisotopic (exact) mass is 171 g/mol. The van der Waals surface area contributed by atoms with E-state index < -0.39 is 0 Å². The van der Waals surface area contributed by atoms with Crippen LogP contribution in [0, 0.1) is 5.92 Å². The molecule has 0 radical (unpaired) electrons. The van der Waals surface area contributed by atoms with Gasteiger partial charge in [-0.1, -0.05) is 19.3 Å². The summed E-state index contributed by atoms with van der Waals surface area (Å²) in [5.41, 5.74) is 5.19. The van der Waals surface area contributed by atoms with Gasteiger partial charge in [0, 0.05) is 13.0 Å². The zero-order valence-electron chi connectivity index (χ0n) is 7.42. The Balaban J connectivity index is 1.94. The summed E-state index contributed by atoms with van der Waals surface area (Å²) in [6.07, 6.45) is 5.50. The van der Waals surface area contributed by atoms with Gasteiger partial charge in [-0.05, 0) is 12.3 Å². The summed E-state index contributed by atoms with van der Waals surface area (Å²) in [6.45, 7) is 0.790. The molecule has 1 saturated carbocycles. The minimum absolute atomic E-state index is 0.0904. The first-order valence-electron chi connectivity index (χ1n) is 4.68. The van der Waals surface area contributed by atoms with Crippen molar-refractivity contribution in [3.8, 4) is 0 Å². The van der Waals surface area contributed by atoms with Crippen molar-refractivity contribution in [2.45, 2.75) is 32.1 Å². The highest BCUT2D eigenvalue weighted by Gasteiger charge is 2.18. The van der Waals surface area contributed by atoms with E-state index in [-0.39, 0.29) is 5.97 Å². The molecule has 1 aliphatic carbocycles. The summed E-state index contributed by atoms with van der Waals surface area (Å²) < 4.78 is 4.85. The predicted octanol–water partition coefficient (Wildman–Crippen LogP) is 1.07. The quantitative estimate of drug-likeness (QED) is 0.629. The Hall–Kier alpha value is -0.570. The number of hydrogen-bond acceptors (Lipinski definition) is 3. The molecule has 12 heavy (non-hydrogen) atoms. The highest BCUT2D eigenvalue weighted by atomic mass is 16.5. The van der Waals surface area contributed by atoms with Gasteiger partial charge < -0.3 is 10.5 Å². The van der Waals surface area contributed by atoms with Crippen LogP contribution < -0.4 is 5.73 Å². The molecule has 1 aliphatic rings. The smallest absolute Gasteiger partial charge is 0.305 e. The van der Waals surface area contributed by atoms with Crippen molar-refractivity contribution < 1.29 is 9.53 Å². The molecule has 0 aromatic carbocycles. The average Bonchev–Trinajstić information content (AvgIpc) is 1.98. The van der Waals surface area contributed by atoms with Crippen molar-refractivity contribution in [2.75, 3.05) is 13.2 Å². The van der Waals surface area contributed by atoms with E-state index in [1.165, 1.54) is 19.3 Å². The molecule has 0 spiro atoms. The first-order chi connectivity index (χ1) is 5.83. The number of carbonyl (C=O) groups excluding carboxylic acids is 1. The number of nitrogens with two attached hydrogens (primary N) is 1.